The number of nitrogens with zero attached hydrogens (tertiary/aromatic N) is 2. The summed E-state index contributed by atoms with van der Waals surface area (Å²) in [5.74, 6) is -0.324. The third-order valence-electron chi connectivity index (χ3n) is 5.59. The molecule has 1 aromatic heterocycles. The fraction of sp³-hybridized carbons (Fsp3) is 0.435. The molecule has 154 valence electrons. The van der Waals surface area contributed by atoms with Crippen molar-refractivity contribution in [2.45, 2.75) is 58.4 Å². The lowest BCUT2D eigenvalue weighted by molar-refractivity contribution is -0.133. The Bertz CT molecular complexity index is 893. The summed E-state index contributed by atoms with van der Waals surface area (Å²) in [6.45, 7) is 6.37. The van der Waals surface area contributed by atoms with Gasteiger partial charge in [0.15, 0.2) is 0 Å². The minimum absolute atomic E-state index is 0.0780. The van der Waals surface area contributed by atoms with Crippen molar-refractivity contribution in [3.05, 3.63) is 53.4 Å². The lowest BCUT2D eigenvalue weighted by atomic mass is 9.80. The molecule has 1 fully saturated rings. The maximum atomic E-state index is 12.7. The maximum absolute atomic E-state index is 12.7. The van der Waals surface area contributed by atoms with Gasteiger partial charge in [-0.3, -0.25) is 9.59 Å². The Morgan fingerprint density at radius 2 is 1.83 bits per heavy atom. The molecule has 6 nitrogen and oxygen atoms in total. The fourth-order valence-corrected chi connectivity index (χ4v) is 4.05. The van der Waals surface area contributed by atoms with E-state index in [4.69, 9.17) is 0 Å². The predicted molar refractivity (Wildman–Crippen MR) is 115 cm³/mol. The Hall–Kier alpha value is -2.89. The average molecular weight is 395 g/mol. The molecule has 29 heavy (non-hydrogen) atoms. The average Bonchev–Trinajstić information content (AvgIpc) is 3.01. The van der Waals surface area contributed by atoms with Crippen LogP contribution in [0.2, 0.25) is 0 Å². The Labute approximate surface area is 172 Å². The summed E-state index contributed by atoms with van der Waals surface area (Å²) in [4.78, 5) is 25.3. The molecule has 0 aliphatic heterocycles. The Kier molecular flexibility index (Phi) is 6.52. The number of rotatable bonds is 6. The SMILES string of the molecule is CCNC(=O)C1(NC(=O)C=Cc2c(C)nn(-c3ccccc3)c2C)CCCCC1. The Balaban J connectivity index is 1.78. The van der Waals surface area contributed by atoms with E-state index in [1.165, 1.54) is 6.08 Å². The molecule has 1 saturated carbocycles. The van der Waals surface area contributed by atoms with Gasteiger partial charge in [0.25, 0.3) is 0 Å². The minimum atomic E-state index is -0.798. The van der Waals surface area contributed by atoms with Crippen LogP contribution in [0.4, 0.5) is 0 Å². The number of benzene rings is 1. The number of amides is 2. The van der Waals surface area contributed by atoms with Crippen molar-refractivity contribution in [1.82, 2.24) is 20.4 Å². The summed E-state index contributed by atoms with van der Waals surface area (Å²) in [5.41, 5.74) is 2.92. The van der Waals surface area contributed by atoms with E-state index in [-0.39, 0.29) is 11.8 Å². The largest absolute Gasteiger partial charge is 0.354 e. The maximum Gasteiger partial charge on any atom is 0.245 e. The zero-order valence-corrected chi connectivity index (χ0v) is 17.5. The first-order chi connectivity index (χ1) is 14.0. The summed E-state index contributed by atoms with van der Waals surface area (Å²) in [6.07, 6.45) is 7.67. The zero-order chi connectivity index (χ0) is 20.9. The van der Waals surface area contributed by atoms with Gasteiger partial charge in [-0.05, 0) is 51.8 Å². The van der Waals surface area contributed by atoms with E-state index in [2.05, 4.69) is 15.7 Å². The molecule has 2 amide bonds. The first kappa shape index (κ1) is 20.8. The summed E-state index contributed by atoms with van der Waals surface area (Å²) >= 11 is 0. The van der Waals surface area contributed by atoms with Gasteiger partial charge < -0.3 is 10.6 Å². The van der Waals surface area contributed by atoms with Crippen molar-refractivity contribution < 1.29 is 9.59 Å². The number of aromatic nitrogens is 2. The van der Waals surface area contributed by atoms with Crippen LogP contribution in [0.3, 0.4) is 0 Å². The molecule has 1 aliphatic carbocycles. The van der Waals surface area contributed by atoms with E-state index in [9.17, 15) is 9.59 Å². The van der Waals surface area contributed by atoms with E-state index in [0.29, 0.717) is 19.4 Å². The number of likely N-dealkylation sites (N-methyl/N-ethyl adjacent to an activating group) is 1. The number of aryl methyl sites for hydroxylation is 1. The molecule has 3 rings (SSSR count). The summed E-state index contributed by atoms with van der Waals surface area (Å²) in [6, 6.07) is 9.91. The predicted octanol–water partition coefficient (Wildman–Crippen LogP) is 3.46. The molecule has 2 N–H and O–H groups in total. The molecule has 0 unspecified atom stereocenters. The summed E-state index contributed by atoms with van der Waals surface area (Å²) in [7, 11) is 0. The molecule has 1 aromatic carbocycles. The molecule has 0 spiro atoms. The number of hydrogen-bond acceptors (Lipinski definition) is 3. The molecule has 0 radical (unpaired) electrons. The monoisotopic (exact) mass is 394 g/mol. The molecule has 0 bridgehead atoms. The molecular formula is C23H30N4O2. The molecule has 1 aliphatic rings. The van der Waals surface area contributed by atoms with Gasteiger partial charge in [-0.1, -0.05) is 37.5 Å². The van der Waals surface area contributed by atoms with Crippen molar-refractivity contribution >= 4 is 17.9 Å². The number of hydrogen-bond donors (Lipinski definition) is 2. The first-order valence-corrected chi connectivity index (χ1v) is 10.4. The van der Waals surface area contributed by atoms with Gasteiger partial charge in [-0.2, -0.15) is 5.10 Å². The lowest BCUT2D eigenvalue weighted by Crippen LogP contribution is -2.59. The topological polar surface area (TPSA) is 76.0 Å². The smallest absolute Gasteiger partial charge is 0.245 e. The normalized spacial score (nSPS) is 16.0. The molecular weight excluding hydrogens is 364 g/mol. The third-order valence-corrected chi connectivity index (χ3v) is 5.59. The van der Waals surface area contributed by atoms with Crippen LogP contribution < -0.4 is 10.6 Å². The van der Waals surface area contributed by atoms with Crippen LogP contribution in [0.1, 0.15) is 56.0 Å². The highest BCUT2D eigenvalue weighted by Gasteiger charge is 2.40. The second kappa shape index (κ2) is 9.07. The quantitative estimate of drug-likeness (QED) is 0.737. The van der Waals surface area contributed by atoms with Crippen LogP contribution in [0, 0.1) is 13.8 Å². The van der Waals surface area contributed by atoms with Crippen LogP contribution >= 0.6 is 0 Å². The van der Waals surface area contributed by atoms with Gasteiger partial charge in [0, 0.05) is 23.9 Å². The van der Waals surface area contributed by atoms with Crippen molar-refractivity contribution in [2.24, 2.45) is 0 Å². The highest BCUT2D eigenvalue weighted by molar-refractivity contribution is 5.97. The number of carbonyl (C=O) groups excluding carboxylic acids is 2. The van der Waals surface area contributed by atoms with Crippen molar-refractivity contribution in [3.8, 4) is 5.69 Å². The molecule has 0 atom stereocenters. The van der Waals surface area contributed by atoms with Crippen molar-refractivity contribution in [1.29, 1.82) is 0 Å². The van der Waals surface area contributed by atoms with E-state index < -0.39 is 5.54 Å². The lowest BCUT2D eigenvalue weighted by Gasteiger charge is -2.36. The van der Waals surface area contributed by atoms with E-state index in [1.807, 2.05) is 55.8 Å². The second-order valence-corrected chi connectivity index (χ2v) is 7.66. The third kappa shape index (κ3) is 4.58. The zero-order valence-electron chi connectivity index (χ0n) is 17.5. The molecule has 2 aromatic rings. The second-order valence-electron chi connectivity index (χ2n) is 7.66. The van der Waals surface area contributed by atoms with Crippen LogP contribution in [-0.2, 0) is 9.59 Å². The van der Waals surface area contributed by atoms with Gasteiger partial charge in [-0.25, -0.2) is 4.68 Å². The highest BCUT2D eigenvalue weighted by atomic mass is 16.2. The Morgan fingerprint density at radius 1 is 1.14 bits per heavy atom. The summed E-state index contributed by atoms with van der Waals surface area (Å²) in [5, 5.41) is 10.5. The van der Waals surface area contributed by atoms with Crippen LogP contribution in [0.5, 0.6) is 0 Å². The van der Waals surface area contributed by atoms with Gasteiger partial charge in [-0.15, -0.1) is 0 Å². The number of nitrogens with one attached hydrogen (secondary N) is 2. The van der Waals surface area contributed by atoms with Crippen LogP contribution in [0.25, 0.3) is 11.8 Å². The Morgan fingerprint density at radius 3 is 2.48 bits per heavy atom. The van der Waals surface area contributed by atoms with Gasteiger partial charge in [0.2, 0.25) is 11.8 Å². The molecule has 6 heteroatoms. The standard InChI is InChI=1S/C23H30N4O2/c1-4-24-22(29)23(15-9-6-10-16-23)25-21(28)14-13-20-17(2)26-27(18(20)3)19-11-7-5-8-12-19/h5,7-8,11-14H,4,6,9-10,15-16H2,1-3H3,(H,24,29)(H,25,28). The first-order valence-electron chi connectivity index (χ1n) is 10.4. The highest BCUT2D eigenvalue weighted by Crippen LogP contribution is 2.28. The number of para-hydroxylation sites is 1. The summed E-state index contributed by atoms with van der Waals surface area (Å²) < 4.78 is 1.88. The fourth-order valence-electron chi connectivity index (χ4n) is 4.05. The van der Waals surface area contributed by atoms with Crippen molar-refractivity contribution in [2.75, 3.05) is 6.54 Å². The van der Waals surface area contributed by atoms with Gasteiger partial charge >= 0.3 is 0 Å². The van der Waals surface area contributed by atoms with E-state index in [0.717, 1.165) is 41.9 Å². The minimum Gasteiger partial charge on any atom is -0.354 e. The van der Waals surface area contributed by atoms with E-state index in [1.54, 1.807) is 6.08 Å². The van der Waals surface area contributed by atoms with Crippen LogP contribution in [0.15, 0.2) is 36.4 Å². The van der Waals surface area contributed by atoms with Gasteiger partial charge in [0.05, 0.1) is 11.4 Å². The van der Waals surface area contributed by atoms with Gasteiger partial charge in [0.1, 0.15) is 5.54 Å². The van der Waals surface area contributed by atoms with Crippen molar-refractivity contribution in [3.63, 3.8) is 0 Å². The van der Waals surface area contributed by atoms with Crippen LogP contribution in [-0.4, -0.2) is 33.7 Å². The van der Waals surface area contributed by atoms with E-state index >= 15 is 0 Å². The molecule has 1 heterocycles. The molecule has 0 saturated heterocycles. The number of carbonyl (C=O) groups is 2.